The van der Waals surface area contributed by atoms with Gasteiger partial charge < -0.3 is 5.73 Å². The molecule has 21 heavy (non-hydrogen) atoms. The van der Waals surface area contributed by atoms with Gasteiger partial charge in [-0.2, -0.15) is 0 Å². The van der Waals surface area contributed by atoms with Crippen LogP contribution < -0.4 is 10.5 Å². The molecule has 112 valence electrons. The summed E-state index contributed by atoms with van der Waals surface area (Å²) in [6.45, 7) is 2.06. The summed E-state index contributed by atoms with van der Waals surface area (Å²) < 4.78 is 40.4. The zero-order chi connectivity index (χ0) is 15.6. The SMILES string of the molecule is Cc1ccc(S(=O)(=O)Nc2cc(Cl)ccc2F)cc1CN. The lowest BCUT2D eigenvalue weighted by Crippen LogP contribution is -2.15. The van der Waals surface area contributed by atoms with Gasteiger partial charge in [0.15, 0.2) is 0 Å². The molecule has 2 rings (SSSR count). The van der Waals surface area contributed by atoms with Crippen LogP contribution in [0, 0.1) is 12.7 Å². The Morgan fingerprint density at radius 2 is 1.95 bits per heavy atom. The van der Waals surface area contributed by atoms with E-state index in [1.807, 2.05) is 6.92 Å². The minimum atomic E-state index is -3.91. The van der Waals surface area contributed by atoms with Gasteiger partial charge in [0.05, 0.1) is 10.6 Å². The first kappa shape index (κ1) is 15.8. The topological polar surface area (TPSA) is 72.2 Å². The first-order valence-electron chi connectivity index (χ1n) is 6.11. The molecule has 7 heteroatoms. The van der Waals surface area contributed by atoms with Crippen molar-refractivity contribution >= 4 is 27.3 Å². The van der Waals surface area contributed by atoms with E-state index in [-0.39, 0.29) is 22.2 Å². The summed E-state index contributed by atoms with van der Waals surface area (Å²) in [5, 5.41) is 0.237. The Morgan fingerprint density at radius 1 is 1.24 bits per heavy atom. The zero-order valence-corrected chi connectivity index (χ0v) is 12.8. The van der Waals surface area contributed by atoms with E-state index in [0.717, 1.165) is 11.6 Å². The fraction of sp³-hybridized carbons (Fsp3) is 0.143. The molecule has 4 nitrogen and oxygen atoms in total. The Labute approximate surface area is 127 Å². The van der Waals surface area contributed by atoms with Gasteiger partial charge in [-0.25, -0.2) is 12.8 Å². The van der Waals surface area contributed by atoms with Crippen LogP contribution in [0.4, 0.5) is 10.1 Å². The molecule has 0 fully saturated rings. The van der Waals surface area contributed by atoms with E-state index in [1.165, 1.54) is 24.3 Å². The third kappa shape index (κ3) is 3.53. The Bertz CT molecular complexity index is 779. The Morgan fingerprint density at radius 3 is 2.62 bits per heavy atom. The summed E-state index contributed by atoms with van der Waals surface area (Å²) in [5.74, 6) is -0.700. The van der Waals surface area contributed by atoms with Crippen LogP contribution in [0.3, 0.4) is 0 Å². The second-order valence-electron chi connectivity index (χ2n) is 4.52. The number of anilines is 1. The molecule has 0 saturated carbocycles. The lowest BCUT2D eigenvalue weighted by atomic mass is 10.1. The van der Waals surface area contributed by atoms with Crippen molar-refractivity contribution < 1.29 is 12.8 Å². The number of nitrogens with one attached hydrogen (secondary N) is 1. The molecule has 3 N–H and O–H groups in total. The zero-order valence-electron chi connectivity index (χ0n) is 11.2. The van der Waals surface area contributed by atoms with Gasteiger partial charge in [-0.15, -0.1) is 0 Å². The van der Waals surface area contributed by atoms with Gasteiger partial charge >= 0.3 is 0 Å². The second kappa shape index (κ2) is 6.01. The minimum Gasteiger partial charge on any atom is -0.326 e. The predicted molar refractivity (Wildman–Crippen MR) is 81.3 cm³/mol. The number of benzene rings is 2. The summed E-state index contributed by atoms with van der Waals surface area (Å²) in [6.07, 6.45) is 0. The van der Waals surface area contributed by atoms with Crippen LogP contribution in [0.25, 0.3) is 0 Å². The van der Waals surface area contributed by atoms with Gasteiger partial charge in [0.2, 0.25) is 0 Å². The maximum absolute atomic E-state index is 13.6. The molecule has 0 amide bonds. The highest BCUT2D eigenvalue weighted by molar-refractivity contribution is 7.92. The standard InChI is InChI=1S/C14H14ClFN2O2S/c1-9-2-4-12(6-10(9)8-17)21(19,20)18-14-7-11(15)3-5-13(14)16/h2-7,18H,8,17H2,1H3. The molecule has 0 unspecified atom stereocenters. The molecular weight excluding hydrogens is 315 g/mol. The second-order valence-corrected chi connectivity index (χ2v) is 6.64. The first-order valence-corrected chi connectivity index (χ1v) is 7.97. The maximum atomic E-state index is 13.6. The molecule has 0 aliphatic heterocycles. The smallest absolute Gasteiger partial charge is 0.261 e. The lowest BCUT2D eigenvalue weighted by Gasteiger charge is -2.11. The molecule has 2 aromatic rings. The molecule has 2 aromatic carbocycles. The highest BCUT2D eigenvalue weighted by Crippen LogP contribution is 2.23. The summed E-state index contributed by atoms with van der Waals surface area (Å²) in [4.78, 5) is 0.0212. The Kier molecular flexibility index (Phi) is 4.51. The largest absolute Gasteiger partial charge is 0.326 e. The minimum absolute atomic E-state index is 0.0212. The molecule has 0 radical (unpaired) electrons. The quantitative estimate of drug-likeness (QED) is 0.906. The van der Waals surface area contributed by atoms with E-state index < -0.39 is 15.8 Å². The third-order valence-electron chi connectivity index (χ3n) is 3.02. The maximum Gasteiger partial charge on any atom is 0.261 e. The van der Waals surface area contributed by atoms with Crippen LogP contribution in [0.1, 0.15) is 11.1 Å². The van der Waals surface area contributed by atoms with Crippen LogP contribution >= 0.6 is 11.6 Å². The number of halogens is 2. The van der Waals surface area contributed by atoms with Gasteiger partial charge in [0.1, 0.15) is 5.82 Å². The van der Waals surface area contributed by atoms with E-state index in [9.17, 15) is 12.8 Å². The van der Waals surface area contributed by atoms with Crippen molar-refractivity contribution in [3.8, 4) is 0 Å². The Hall–Kier alpha value is -1.63. The predicted octanol–water partition coefficient (Wildman–Crippen LogP) is 3.05. The Balaban J connectivity index is 2.41. The van der Waals surface area contributed by atoms with Crippen molar-refractivity contribution in [3.05, 3.63) is 58.4 Å². The average Bonchev–Trinajstić information content (AvgIpc) is 2.43. The van der Waals surface area contributed by atoms with Crippen molar-refractivity contribution in [2.75, 3.05) is 4.72 Å². The molecule has 0 bridgehead atoms. The van der Waals surface area contributed by atoms with Crippen molar-refractivity contribution in [1.29, 1.82) is 0 Å². The summed E-state index contributed by atoms with van der Waals surface area (Å²) in [7, 11) is -3.91. The summed E-state index contributed by atoms with van der Waals surface area (Å²) in [5.41, 5.74) is 6.98. The van der Waals surface area contributed by atoms with E-state index in [2.05, 4.69) is 4.72 Å². The van der Waals surface area contributed by atoms with E-state index in [0.29, 0.717) is 5.56 Å². The van der Waals surface area contributed by atoms with E-state index in [1.54, 1.807) is 6.07 Å². The first-order chi connectivity index (χ1) is 9.83. The van der Waals surface area contributed by atoms with E-state index in [4.69, 9.17) is 17.3 Å². The molecule has 0 heterocycles. The van der Waals surface area contributed by atoms with Crippen LogP contribution in [-0.2, 0) is 16.6 Å². The van der Waals surface area contributed by atoms with Gasteiger partial charge in [-0.05, 0) is 48.4 Å². The van der Waals surface area contributed by atoms with Gasteiger partial charge in [0.25, 0.3) is 10.0 Å². The van der Waals surface area contributed by atoms with Gasteiger partial charge in [-0.3, -0.25) is 4.72 Å². The molecular formula is C14H14ClFN2O2S. The molecule has 0 spiro atoms. The molecule has 0 aliphatic rings. The highest BCUT2D eigenvalue weighted by atomic mass is 35.5. The summed E-state index contributed by atoms with van der Waals surface area (Å²) in [6, 6.07) is 8.23. The number of sulfonamides is 1. The molecule has 0 aliphatic carbocycles. The number of aryl methyl sites for hydroxylation is 1. The van der Waals surface area contributed by atoms with Crippen molar-refractivity contribution in [2.45, 2.75) is 18.4 Å². The monoisotopic (exact) mass is 328 g/mol. The lowest BCUT2D eigenvalue weighted by molar-refractivity contribution is 0.598. The van der Waals surface area contributed by atoms with Gasteiger partial charge in [0, 0.05) is 11.6 Å². The van der Waals surface area contributed by atoms with Crippen LogP contribution in [0.15, 0.2) is 41.3 Å². The fourth-order valence-corrected chi connectivity index (χ4v) is 3.09. The summed E-state index contributed by atoms with van der Waals surface area (Å²) >= 11 is 5.74. The van der Waals surface area contributed by atoms with Crippen molar-refractivity contribution in [3.63, 3.8) is 0 Å². The molecule has 0 saturated heterocycles. The molecule has 0 atom stereocenters. The van der Waals surface area contributed by atoms with Crippen LogP contribution in [0.5, 0.6) is 0 Å². The normalized spacial score (nSPS) is 11.4. The van der Waals surface area contributed by atoms with Crippen molar-refractivity contribution in [1.82, 2.24) is 0 Å². The fourth-order valence-electron chi connectivity index (χ4n) is 1.81. The number of nitrogens with two attached hydrogens (primary N) is 1. The highest BCUT2D eigenvalue weighted by Gasteiger charge is 2.17. The molecule has 0 aromatic heterocycles. The number of rotatable bonds is 4. The van der Waals surface area contributed by atoms with E-state index >= 15 is 0 Å². The average molecular weight is 329 g/mol. The number of hydrogen-bond acceptors (Lipinski definition) is 3. The third-order valence-corrected chi connectivity index (χ3v) is 4.62. The number of hydrogen-bond donors (Lipinski definition) is 2. The van der Waals surface area contributed by atoms with Crippen LogP contribution in [0.2, 0.25) is 5.02 Å². The van der Waals surface area contributed by atoms with Gasteiger partial charge in [-0.1, -0.05) is 17.7 Å². The van der Waals surface area contributed by atoms with Crippen molar-refractivity contribution in [2.24, 2.45) is 5.73 Å². The van der Waals surface area contributed by atoms with Crippen LogP contribution in [-0.4, -0.2) is 8.42 Å².